The Morgan fingerprint density at radius 1 is 1.24 bits per heavy atom. The van der Waals surface area contributed by atoms with Crippen molar-refractivity contribution in [2.24, 2.45) is 0 Å². The van der Waals surface area contributed by atoms with Gasteiger partial charge in [0.25, 0.3) is 0 Å². The number of fused-ring (bicyclic) bond motifs is 1. The number of nitrogens with zero attached hydrogens (tertiary/aromatic N) is 2. The molecule has 2 aliphatic rings. The second-order valence-electron chi connectivity index (χ2n) is 5.74. The Bertz CT molecular complexity index is 558. The van der Waals surface area contributed by atoms with E-state index >= 15 is 0 Å². The summed E-state index contributed by atoms with van der Waals surface area (Å²) < 4.78 is 0. The number of rotatable bonds is 2. The molecular formula is C15H19N3O3. The molecule has 2 unspecified atom stereocenters. The van der Waals surface area contributed by atoms with Gasteiger partial charge in [-0.15, -0.1) is 0 Å². The van der Waals surface area contributed by atoms with Crippen LogP contribution in [0.2, 0.25) is 0 Å². The lowest BCUT2D eigenvalue weighted by Gasteiger charge is -2.44. The Labute approximate surface area is 123 Å². The third-order valence-corrected chi connectivity index (χ3v) is 4.16. The van der Waals surface area contributed by atoms with Crippen LogP contribution in [0.1, 0.15) is 5.56 Å². The van der Waals surface area contributed by atoms with Gasteiger partial charge >= 0.3 is 0 Å². The second kappa shape index (κ2) is 5.37. The number of aromatic hydroxyl groups is 1. The highest BCUT2D eigenvalue weighted by Crippen LogP contribution is 2.18. The van der Waals surface area contributed by atoms with Crippen LogP contribution in [0.25, 0.3) is 0 Å². The SMILES string of the molecule is CN1CCN2C(=O)C(Cc3ccc(O)cc3)NC(=O)C2C1. The van der Waals surface area contributed by atoms with Gasteiger partial charge in [-0.2, -0.15) is 0 Å². The van der Waals surface area contributed by atoms with Crippen molar-refractivity contribution in [2.45, 2.75) is 18.5 Å². The van der Waals surface area contributed by atoms with Crippen LogP contribution in [-0.2, 0) is 16.0 Å². The summed E-state index contributed by atoms with van der Waals surface area (Å²) in [6.45, 7) is 1.98. The Balaban J connectivity index is 1.74. The number of hydrogen-bond acceptors (Lipinski definition) is 4. The Kier molecular flexibility index (Phi) is 3.55. The smallest absolute Gasteiger partial charge is 0.246 e. The van der Waals surface area contributed by atoms with Gasteiger partial charge in [0.2, 0.25) is 11.8 Å². The monoisotopic (exact) mass is 289 g/mol. The zero-order chi connectivity index (χ0) is 15.0. The van der Waals surface area contributed by atoms with Crippen LogP contribution < -0.4 is 5.32 Å². The van der Waals surface area contributed by atoms with E-state index in [9.17, 15) is 14.7 Å². The van der Waals surface area contributed by atoms with Gasteiger partial charge in [0, 0.05) is 26.1 Å². The minimum atomic E-state index is -0.512. The molecule has 0 bridgehead atoms. The largest absolute Gasteiger partial charge is 0.508 e. The van der Waals surface area contributed by atoms with Crippen LogP contribution in [-0.4, -0.2) is 65.5 Å². The van der Waals surface area contributed by atoms with E-state index < -0.39 is 6.04 Å². The lowest BCUT2D eigenvalue weighted by molar-refractivity contribution is -0.152. The zero-order valence-corrected chi connectivity index (χ0v) is 12.0. The molecule has 1 aromatic rings. The molecule has 0 spiro atoms. The summed E-state index contributed by atoms with van der Waals surface area (Å²) in [5, 5.41) is 12.1. The molecule has 0 saturated carbocycles. The van der Waals surface area contributed by atoms with Crippen molar-refractivity contribution in [3.05, 3.63) is 29.8 Å². The molecule has 2 atom stereocenters. The van der Waals surface area contributed by atoms with Crippen LogP contribution in [0.5, 0.6) is 5.75 Å². The Morgan fingerprint density at radius 3 is 2.67 bits per heavy atom. The van der Waals surface area contributed by atoms with Gasteiger partial charge in [0.15, 0.2) is 0 Å². The minimum absolute atomic E-state index is 0.0132. The number of benzene rings is 1. The molecule has 112 valence electrons. The number of phenolic OH excluding ortho intramolecular Hbond substituents is 1. The lowest BCUT2D eigenvalue weighted by Crippen LogP contribution is -2.69. The number of piperazine rings is 2. The van der Waals surface area contributed by atoms with E-state index in [4.69, 9.17) is 0 Å². The lowest BCUT2D eigenvalue weighted by atomic mass is 9.99. The van der Waals surface area contributed by atoms with E-state index in [-0.39, 0.29) is 23.6 Å². The molecule has 2 aliphatic heterocycles. The van der Waals surface area contributed by atoms with Crippen molar-refractivity contribution in [1.29, 1.82) is 0 Å². The molecular weight excluding hydrogens is 270 g/mol. The molecule has 0 aliphatic carbocycles. The van der Waals surface area contributed by atoms with Crippen LogP contribution in [0.3, 0.4) is 0 Å². The summed E-state index contributed by atoms with van der Waals surface area (Å²) in [6, 6.07) is 5.83. The molecule has 2 N–H and O–H groups in total. The van der Waals surface area contributed by atoms with Crippen molar-refractivity contribution in [3.8, 4) is 5.75 Å². The van der Waals surface area contributed by atoms with Gasteiger partial charge in [-0.05, 0) is 24.7 Å². The van der Waals surface area contributed by atoms with E-state index in [1.807, 2.05) is 7.05 Å². The van der Waals surface area contributed by atoms with Crippen molar-refractivity contribution in [2.75, 3.05) is 26.7 Å². The van der Waals surface area contributed by atoms with Crippen LogP contribution in [0.4, 0.5) is 0 Å². The Morgan fingerprint density at radius 2 is 1.95 bits per heavy atom. The number of amides is 2. The molecule has 1 aromatic carbocycles. The highest BCUT2D eigenvalue weighted by molar-refractivity contribution is 5.97. The van der Waals surface area contributed by atoms with Crippen molar-refractivity contribution < 1.29 is 14.7 Å². The standard InChI is InChI=1S/C15H19N3O3/c1-17-6-7-18-13(9-17)14(20)16-12(15(18)21)8-10-2-4-11(19)5-3-10/h2-5,12-13,19H,6-9H2,1H3,(H,16,20). The highest BCUT2D eigenvalue weighted by atomic mass is 16.3. The minimum Gasteiger partial charge on any atom is -0.508 e. The van der Waals surface area contributed by atoms with E-state index in [1.54, 1.807) is 29.2 Å². The predicted molar refractivity (Wildman–Crippen MR) is 76.7 cm³/mol. The number of hydrogen-bond donors (Lipinski definition) is 2. The summed E-state index contributed by atoms with van der Waals surface area (Å²) in [5.74, 6) is 0.0996. The molecule has 3 rings (SSSR count). The normalized spacial score (nSPS) is 26.4. The first-order chi connectivity index (χ1) is 10.0. The van der Waals surface area contributed by atoms with Crippen molar-refractivity contribution in [1.82, 2.24) is 15.1 Å². The van der Waals surface area contributed by atoms with Crippen molar-refractivity contribution in [3.63, 3.8) is 0 Å². The third-order valence-electron chi connectivity index (χ3n) is 4.16. The average molecular weight is 289 g/mol. The maximum atomic E-state index is 12.5. The highest BCUT2D eigenvalue weighted by Gasteiger charge is 2.42. The number of nitrogens with one attached hydrogen (secondary N) is 1. The molecule has 2 amide bonds. The zero-order valence-electron chi connectivity index (χ0n) is 12.0. The molecule has 0 radical (unpaired) electrons. The van der Waals surface area contributed by atoms with Crippen molar-refractivity contribution >= 4 is 11.8 Å². The number of carbonyl (C=O) groups is 2. The fraction of sp³-hybridized carbons (Fsp3) is 0.467. The molecule has 2 heterocycles. The van der Waals surface area contributed by atoms with Gasteiger partial charge in [0.05, 0.1) is 0 Å². The average Bonchev–Trinajstić information content (AvgIpc) is 2.47. The van der Waals surface area contributed by atoms with E-state index in [2.05, 4.69) is 10.2 Å². The maximum Gasteiger partial charge on any atom is 0.246 e. The molecule has 2 fully saturated rings. The quantitative estimate of drug-likeness (QED) is 0.775. The summed E-state index contributed by atoms with van der Waals surface area (Å²) >= 11 is 0. The molecule has 2 saturated heterocycles. The van der Waals surface area contributed by atoms with Crippen LogP contribution in [0, 0.1) is 0 Å². The van der Waals surface area contributed by atoms with E-state index in [0.29, 0.717) is 19.5 Å². The first-order valence-corrected chi connectivity index (χ1v) is 7.12. The molecule has 6 heteroatoms. The number of likely N-dealkylation sites (N-methyl/N-ethyl adjacent to an activating group) is 1. The van der Waals surface area contributed by atoms with Crippen LogP contribution in [0.15, 0.2) is 24.3 Å². The fourth-order valence-corrected chi connectivity index (χ4v) is 2.94. The topological polar surface area (TPSA) is 72.9 Å². The van der Waals surface area contributed by atoms with E-state index in [1.165, 1.54) is 0 Å². The number of phenols is 1. The summed E-state index contributed by atoms with van der Waals surface area (Å²) in [4.78, 5) is 28.5. The first kappa shape index (κ1) is 13.9. The second-order valence-corrected chi connectivity index (χ2v) is 5.74. The molecule has 6 nitrogen and oxygen atoms in total. The summed E-state index contributed by atoms with van der Waals surface area (Å²) in [5.41, 5.74) is 0.916. The van der Waals surface area contributed by atoms with Gasteiger partial charge in [-0.1, -0.05) is 12.1 Å². The van der Waals surface area contributed by atoms with Gasteiger partial charge in [-0.3, -0.25) is 9.59 Å². The predicted octanol–water partition coefficient (Wildman–Crippen LogP) is -0.424. The fourth-order valence-electron chi connectivity index (χ4n) is 2.94. The van der Waals surface area contributed by atoms with Gasteiger partial charge < -0.3 is 20.2 Å². The number of carbonyl (C=O) groups excluding carboxylic acids is 2. The summed E-state index contributed by atoms with van der Waals surface area (Å²) in [7, 11) is 1.96. The first-order valence-electron chi connectivity index (χ1n) is 7.12. The summed E-state index contributed by atoms with van der Waals surface area (Å²) in [6.07, 6.45) is 0.448. The van der Waals surface area contributed by atoms with E-state index in [0.717, 1.165) is 12.1 Å². The Hall–Kier alpha value is -2.08. The van der Waals surface area contributed by atoms with Crippen LogP contribution >= 0.6 is 0 Å². The third kappa shape index (κ3) is 2.71. The van der Waals surface area contributed by atoms with Gasteiger partial charge in [-0.25, -0.2) is 0 Å². The molecule has 0 aromatic heterocycles. The van der Waals surface area contributed by atoms with Gasteiger partial charge in [0.1, 0.15) is 17.8 Å². The maximum absolute atomic E-state index is 12.5. The molecule has 21 heavy (non-hydrogen) atoms.